The Labute approximate surface area is 196 Å². The third kappa shape index (κ3) is 5.17. The van der Waals surface area contributed by atoms with Crippen LogP contribution in [0.5, 0.6) is 0 Å². The van der Waals surface area contributed by atoms with E-state index in [0.29, 0.717) is 17.7 Å². The molecule has 0 amide bonds. The van der Waals surface area contributed by atoms with Crippen LogP contribution in [-0.4, -0.2) is 37.2 Å². The van der Waals surface area contributed by atoms with Gasteiger partial charge in [0.05, 0.1) is 5.71 Å². The van der Waals surface area contributed by atoms with E-state index in [1.54, 1.807) is 6.20 Å². The highest BCUT2D eigenvalue weighted by molar-refractivity contribution is 6.01. The molecule has 2 aromatic heterocycles. The fraction of sp³-hybridized carbons (Fsp3) is 0.192. The second-order valence-corrected chi connectivity index (χ2v) is 8.04. The van der Waals surface area contributed by atoms with Crippen molar-refractivity contribution in [3.05, 3.63) is 101 Å². The van der Waals surface area contributed by atoms with Crippen LogP contribution in [0, 0.1) is 13.8 Å². The summed E-state index contributed by atoms with van der Waals surface area (Å²) in [5, 5.41) is 30.1. The predicted molar refractivity (Wildman–Crippen MR) is 126 cm³/mol. The number of benzene rings is 2. The Morgan fingerprint density at radius 1 is 1.06 bits per heavy atom. The van der Waals surface area contributed by atoms with Gasteiger partial charge in [-0.1, -0.05) is 41.6 Å². The number of carboxylic acids is 1. The Balaban J connectivity index is 1.67. The maximum absolute atomic E-state index is 10.9. The number of aromatic nitrogens is 3. The summed E-state index contributed by atoms with van der Waals surface area (Å²) < 4.78 is 5.47. The number of hydrogen-bond acceptors (Lipinski definition) is 7. The molecule has 1 atom stereocenters. The summed E-state index contributed by atoms with van der Waals surface area (Å²) in [4.78, 5) is 15.1. The molecule has 8 heteroatoms. The van der Waals surface area contributed by atoms with E-state index in [-0.39, 0.29) is 24.1 Å². The monoisotopic (exact) mass is 456 g/mol. The molecule has 0 saturated carbocycles. The number of pyridine rings is 1. The molecule has 0 aliphatic carbocycles. The number of oxime groups is 1. The Morgan fingerprint density at radius 2 is 1.82 bits per heavy atom. The van der Waals surface area contributed by atoms with Gasteiger partial charge in [-0.2, -0.15) is 0 Å². The number of hydrogen-bond donors (Lipinski definition) is 2. The smallest absolute Gasteiger partial charge is 0.312 e. The van der Waals surface area contributed by atoms with Crippen LogP contribution in [0.4, 0.5) is 0 Å². The normalized spacial score (nSPS) is 12.5. The summed E-state index contributed by atoms with van der Waals surface area (Å²) >= 11 is 0. The molecule has 2 heterocycles. The lowest BCUT2D eigenvalue weighted by molar-refractivity contribution is -0.136. The summed E-state index contributed by atoms with van der Waals surface area (Å²) in [6, 6.07) is 19.6. The van der Waals surface area contributed by atoms with Gasteiger partial charge in [0.25, 0.3) is 0 Å². The Morgan fingerprint density at radius 3 is 2.50 bits per heavy atom. The van der Waals surface area contributed by atoms with E-state index >= 15 is 0 Å². The zero-order chi connectivity index (χ0) is 24.1. The van der Waals surface area contributed by atoms with Crippen LogP contribution in [0.15, 0.2) is 76.4 Å². The van der Waals surface area contributed by atoms with E-state index in [1.807, 2.05) is 55.5 Å². The first kappa shape index (κ1) is 22.8. The molecule has 4 aromatic rings. The molecule has 0 fully saturated rings. The minimum absolute atomic E-state index is 0.0563. The first-order valence-electron chi connectivity index (χ1n) is 10.8. The zero-order valence-electron chi connectivity index (χ0n) is 18.8. The Bertz CT molecular complexity index is 1330. The van der Waals surface area contributed by atoms with E-state index in [2.05, 4.69) is 39.4 Å². The Kier molecular flexibility index (Phi) is 6.77. The molecule has 0 radical (unpaired) electrons. The third-order valence-corrected chi connectivity index (χ3v) is 5.64. The lowest BCUT2D eigenvalue weighted by Gasteiger charge is -2.21. The van der Waals surface area contributed by atoms with E-state index in [4.69, 9.17) is 9.52 Å². The van der Waals surface area contributed by atoms with Crippen molar-refractivity contribution in [1.29, 1.82) is 0 Å². The van der Waals surface area contributed by atoms with Crippen LogP contribution in [-0.2, 0) is 11.2 Å². The largest absolute Gasteiger partial charge is 0.481 e. The molecule has 172 valence electrons. The molecule has 2 aromatic carbocycles. The molecule has 1 unspecified atom stereocenters. The first-order valence-corrected chi connectivity index (χ1v) is 10.8. The fourth-order valence-corrected chi connectivity index (χ4v) is 3.95. The summed E-state index contributed by atoms with van der Waals surface area (Å²) in [6.45, 7) is 3.96. The number of carbonyl (C=O) groups is 1. The maximum Gasteiger partial charge on any atom is 0.312 e. The van der Waals surface area contributed by atoms with Crippen LogP contribution in [0.3, 0.4) is 0 Å². The fourth-order valence-electron chi connectivity index (χ4n) is 3.95. The number of aliphatic carboxylic acids is 1. The van der Waals surface area contributed by atoms with Gasteiger partial charge >= 0.3 is 5.97 Å². The molecule has 0 aliphatic heterocycles. The average Bonchev–Trinajstić information content (AvgIpc) is 3.28. The minimum atomic E-state index is -1.03. The van der Waals surface area contributed by atoms with Crippen molar-refractivity contribution in [3.8, 4) is 11.5 Å². The summed E-state index contributed by atoms with van der Waals surface area (Å²) in [6.07, 6.45) is 1.86. The van der Waals surface area contributed by atoms with Crippen molar-refractivity contribution >= 4 is 11.7 Å². The van der Waals surface area contributed by atoms with Crippen LogP contribution in [0.1, 0.15) is 46.2 Å². The lowest BCUT2D eigenvalue weighted by Crippen LogP contribution is -2.12. The Hall–Kier alpha value is -4.33. The minimum Gasteiger partial charge on any atom is -0.481 e. The molecule has 0 saturated heterocycles. The van der Waals surface area contributed by atoms with Gasteiger partial charge in [0.15, 0.2) is 0 Å². The predicted octanol–water partition coefficient (Wildman–Crippen LogP) is 4.78. The standard InChI is InChI=1S/C26H24N4O4/c1-16-5-3-4-6-21(16)22(14-23(30-33)20-11-12-27-17(2)13-20)18-7-9-19(10-8-18)26-29-28-24(34-26)15-25(31)32/h3-13,22,33H,14-15H2,1-2H3,(H,31,32). The van der Waals surface area contributed by atoms with E-state index in [0.717, 1.165) is 27.9 Å². The molecule has 0 spiro atoms. The second kappa shape index (κ2) is 10.1. The number of nitrogens with zero attached hydrogens (tertiary/aromatic N) is 4. The van der Waals surface area contributed by atoms with Crippen LogP contribution in [0.2, 0.25) is 0 Å². The number of rotatable bonds is 8. The first-order chi connectivity index (χ1) is 16.4. The molecule has 34 heavy (non-hydrogen) atoms. The van der Waals surface area contributed by atoms with Gasteiger partial charge < -0.3 is 14.7 Å². The van der Waals surface area contributed by atoms with E-state index < -0.39 is 5.97 Å². The number of carboxylic acid groups (broad SMARTS) is 1. The molecular formula is C26H24N4O4. The van der Waals surface area contributed by atoms with Gasteiger partial charge in [0.1, 0.15) is 6.42 Å². The van der Waals surface area contributed by atoms with Crippen LogP contribution in [0.25, 0.3) is 11.5 Å². The molecule has 2 N–H and O–H groups in total. The third-order valence-electron chi connectivity index (χ3n) is 5.64. The highest BCUT2D eigenvalue weighted by Crippen LogP contribution is 2.33. The van der Waals surface area contributed by atoms with E-state index in [1.165, 1.54) is 0 Å². The SMILES string of the molecule is Cc1cc(C(CC(c2ccc(-c3nnc(CC(=O)O)o3)cc2)c2ccccc2C)=NO)ccn1. The van der Waals surface area contributed by atoms with Gasteiger partial charge in [0, 0.05) is 35.4 Å². The number of aryl methyl sites for hydroxylation is 2. The maximum atomic E-state index is 10.9. The quantitative estimate of drug-likeness (QED) is 0.222. The van der Waals surface area contributed by atoms with Crippen molar-refractivity contribution in [3.63, 3.8) is 0 Å². The van der Waals surface area contributed by atoms with Gasteiger partial charge in [-0.25, -0.2) is 0 Å². The van der Waals surface area contributed by atoms with Crippen molar-refractivity contribution in [2.45, 2.75) is 32.6 Å². The van der Waals surface area contributed by atoms with Crippen LogP contribution < -0.4 is 0 Å². The van der Waals surface area contributed by atoms with Gasteiger partial charge in [-0.3, -0.25) is 9.78 Å². The summed E-state index contributed by atoms with van der Waals surface area (Å²) in [5.41, 5.74) is 6.21. The van der Waals surface area contributed by atoms with Gasteiger partial charge in [0.2, 0.25) is 11.8 Å². The van der Waals surface area contributed by atoms with E-state index in [9.17, 15) is 10.0 Å². The molecule has 8 nitrogen and oxygen atoms in total. The molecular weight excluding hydrogens is 432 g/mol. The van der Waals surface area contributed by atoms with Gasteiger partial charge in [-0.15, -0.1) is 10.2 Å². The van der Waals surface area contributed by atoms with Crippen molar-refractivity contribution < 1.29 is 19.5 Å². The van der Waals surface area contributed by atoms with Crippen molar-refractivity contribution in [2.75, 3.05) is 0 Å². The highest BCUT2D eigenvalue weighted by atomic mass is 16.4. The van der Waals surface area contributed by atoms with Crippen molar-refractivity contribution in [2.24, 2.45) is 5.16 Å². The zero-order valence-corrected chi connectivity index (χ0v) is 18.8. The lowest BCUT2D eigenvalue weighted by atomic mass is 9.83. The second-order valence-electron chi connectivity index (χ2n) is 8.04. The molecule has 0 bridgehead atoms. The van der Waals surface area contributed by atoms with Gasteiger partial charge in [-0.05, 0) is 54.8 Å². The molecule has 0 aliphatic rings. The summed E-state index contributed by atoms with van der Waals surface area (Å²) in [5.74, 6) is -0.779. The van der Waals surface area contributed by atoms with Crippen LogP contribution >= 0.6 is 0 Å². The summed E-state index contributed by atoms with van der Waals surface area (Å²) in [7, 11) is 0. The van der Waals surface area contributed by atoms with Crippen molar-refractivity contribution in [1.82, 2.24) is 15.2 Å². The topological polar surface area (TPSA) is 122 Å². The molecule has 4 rings (SSSR count). The highest BCUT2D eigenvalue weighted by Gasteiger charge is 2.21. The average molecular weight is 457 g/mol.